The van der Waals surface area contributed by atoms with Gasteiger partial charge in [-0.25, -0.2) is 14.4 Å². The van der Waals surface area contributed by atoms with Crippen molar-refractivity contribution < 1.29 is 32.7 Å². The van der Waals surface area contributed by atoms with E-state index < -0.39 is 42.6 Å². The number of nitrogens with zero attached hydrogens (tertiary/aromatic N) is 1. The molecule has 12 nitrogen and oxygen atoms in total. The summed E-state index contributed by atoms with van der Waals surface area (Å²) in [6.45, 7) is 12.2. The predicted molar refractivity (Wildman–Crippen MR) is 144 cm³/mol. The van der Waals surface area contributed by atoms with Crippen LogP contribution in [0.5, 0.6) is 0 Å². The third-order valence-corrected chi connectivity index (χ3v) is 8.52. The van der Waals surface area contributed by atoms with Gasteiger partial charge in [0.05, 0.1) is 25.4 Å². The Labute approximate surface area is 227 Å². The first-order valence-electron chi connectivity index (χ1n) is 12.6. The molecule has 5 atom stereocenters. The van der Waals surface area contributed by atoms with Crippen LogP contribution in [0.15, 0.2) is 21.9 Å². The Morgan fingerprint density at radius 1 is 1.24 bits per heavy atom. The van der Waals surface area contributed by atoms with Gasteiger partial charge in [0.2, 0.25) is 0 Å². The standard InChI is InChI=1S/C24H40N3O9PS/c1-15(2)35-21(29)17(4)26-37(32,34-12-13-38-22(30)24(5,6)7)33-11-9-18-14-16(3)20(36-18)27-10-8-19(28)25-23(27)31/h8,10,15-18,20H,9,11-14H2,1-7H3,(H,26,32)(H,25,28,31). The molecule has 1 aromatic heterocycles. The van der Waals surface area contributed by atoms with E-state index in [4.69, 9.17) is 18.5 Å². The molecule has 2 heterocycles. The van der Waals surface area contributed by atoms with E-state index in [0.29, 0.717) is 12.8 Å². The average molecular weight is 578 g/mol. The lowest BCUT2D eigenvalue weighted by Crippen LogP contribution is -2.36. The molecule has 0 aromatic carbocycles. The SMILES string of the molecule is CC(C)OC(=O)C(C)NP(=O)(OCCSC(=O)C(C)(C)C)OCCC1CC(C)C(n2ccc(=O)[nH]c2=O)O1. The number of nitrogens with one attached hydrogen (secondary N) is 2. The summed E-state index contributed by atoms with van der Waals surface area (Å²) in [6.07, 6.45) is 1.14. The molecule has 5 unspecified atom stereocenters. The van der Waals surface area contributed by atoms with Crippen LogP contribution in [0.2, 0.25) is 0 Å². The van der Waals surface area contributed by atoms with Crippen LogP contribution >= 0.6 is 19.5 Å². The second kappa shape index (κ2) is 14.0. The Hall–Kier alpha value is -1.76. The highest BCUT2D eigenvalue weighted by molar-refractivity contribution is 8.13. The smallest absolute Gasteiger partial charge is 0.406 e. The molecule has 1 aliphatic heterocycles. The van der Waals surface area contributed by atoms with Crippen molar-refractivity contribution in [2.45, 2.75) is 85.8 Å². The Balaban J connectivity index is 1.98. The lowest BCUT2D eigenvalue weighted by molar-refractivity contribution is -0.149. The van der Waals surface area contributed by atoms with Crippen molar-refractivity contribution in [2.75, 3.05) is 19.0 Å². The molecule has 0 saturated carbocycles. The van der Waals surface area contributed by atoms with E-state index in [-0.39, 0.29) is 42.2 Å². The number of aromatic nitrogens is 2. The maximum atomic E-state index is 13.5. The molecule has 0 spiro atoms. The van der Waals surface area contributed by atoms with E-state index in [9.17, 15) is 23.7 Å². The number of aromatic amines is 1. The van der Waals surface area contributed by atoms with Crippen molar-refractivity contribution in [1.82, 2.24) is 14.6 Å². The van der Waals surface area contributed by atoms with Crippen LogP contribution in [-0.2, 0) is 32.7 Å². The number of carbonyl (C=O) groups is 2. The lowest BCUT2D eigenvalue weighted by atomic mass is 10.00. The first-order chi connectivity index (χ1) is 17.6. The molecule has 14 heteroatoms. The Morgan fingerprint density at radius 2 is 1.89 bits per heavy atom. The largest absolute Gasteiger partial charge is 0.462 e. The molecule has 1 saturated heterocycles. The highest BCUT2D eigenvalue weighted by Crippen LogP contribution is 2.45. The molecular weight excluding hydrogens is 537 g/mol. The number of H-pyrrole nitrogens is 1. The van der Waals surface area contributed by atoms with Crippen LogP contribution in [0.4, 0.5) is 0 Å². The molecule has 0 aliphatic carbocycles. The molecule has 2 N–H and O–H groups in total. The topological polar surface area (TPSA) is 155 Å². The molecule has 2 rings (SSSR count). The molecule has 1 fully saturated rings. The van der Waals surface area contributed by atoms with E-state index in [1.807, 2.05) is 27.7 Å². The highest BCUT2D eigenvalue weighted by atomic mass is 32.2. The quantitative estimate of drug-likeness (QED) is 0.202. The van der Waals surface area contributed by atoms with Gasteiger partial charge in [-0.1, -0.05) is 39.5 Å². The second-order valence-corrected chi connectivity index (χ2v) is 13.4. The van der Waals surface area contributed by atoms with Crippen molar-refractivity contribution >= 4 is 30.6 Å². The fraction of sp³-hybridized carbons (Fsp3) is 0.750. The fourth-order valence-corrected chi connectivity index (χ4v) is 6.01. The summed E-state index contributed by atoms with van der Waals surface area (Å²) in [5.41, 5.74) is -1.56. The van der Waals surface area contributed by atoms with Crippen LogP contribution in [0.1, 0.15) is 67.5 Å². The number of rotatable bonds is 13. The van der Waals surface area contributed by atoms with Crippen LogP contribution in [0.25, 0.3) is 0 Å². The summed E-state index contributed by atoms with van der Waals surface area (Å²) in [4.78, 5) is 50.1. The minimum atomic E-state index is -3.96. The minimum absolute atomic E-state index is 0.0189. The van der Waals surface area contributed by atoms with Gasteiger partial charge in [-0.3, -0.25) is 33.0 Å². The number of esters is 1. The zero-order valence-electron chi connectivity index (χ0n) is 23.1. The molecule has 1 aromatic rings. The van der Waals surface area contributed by atoms with Crippen molar-refractivity contribution in [3.05, 3.63) is 33.1 Å². The maximum absolute atomic E-state index is 13.5. The number of ether oxygens (including phenoxy) is 2. The van der Waals surface area contributed by atoms with Gasteiger partial charge in [-0.05, 0) is 33.6 Å². The van der Waals surface area contributed by atoms with Gasteiger partial charge in [0.25, 0.3) is 5.56 Å². The Morgan fingerprint density at radius 3 is 2.50 bits per heavy atom. The van der Waals surface area contributed by atoms with Crippen molar-refractivity contribution in [3.63, 3.8) is 0 Å². The summed E-state index contributed by atoms with van der Waals surface area (Å²) >= 11 is 1.07. The molecule has 0 radical (unpaired) electrons. The van der Waals surface area contributed by atoms with E-state index in [2.05, 4.69) is 10.1 Å². The molecule has 1 aliphatic rings. The van der Waals surface area contributed by atoms with E-state index in [1.54, 1.807) is 13.8 Å². The molecular formula is C24H40N3O9PS. The zero-order chi connectivity index (χ0) is 28.7. The average Bonchev–Trinajstić information content (AvgIpc) is 3.15. The summed E-state index contributed by atoms with van der Waals surface area (Å²) in [7, 11) is -3.96. The summed E-state index contributed by atoms with van der Waals surface area (Å²) in [6, 6.07) is 0.290. The van der Waals surface area contributed by atoms with E-state index >= 15 is 0 Å². The van der Waals surface area contributed by atoms with Crippen LogP contribution in [0, 0.1) is 11.3 Å². The van der Waals surface area contributed by atoms with Crippen LogP contribution < -0.4 is 16.3 Å². The first-order valence-corrected chi connectivity index (χ1v) is 15.2. The zero-order valence-corrected chi connectivity index (χ0v) is 24.8. The highest BCUT2D eigenvalue weighted by Gasteiger charge is 2.36. The van der Waals surface area contributed by atoms with Crippen molar-refractivity contribution in [2.24, 2.45) is 11.3 Å². The number of hydrogen-bond donors (Lipinski definition) is 2. The fourth-order valence-electron chi connectivity index (χ4n) is 3.62. The lowest BCUT2D eigenvalue weighted by Gasteiger charge is -2.24. The van der Waals surface area contributed by atoms with Gasteiger partial charge < -0.3 is 9.47 Å². The Kier molecular flexibility index (Phi) is 12.0. The van der Waals surface area contributed by atoms with Gasteiger partial charge in [-0.2, -0.15) is 0 Å². The van der Waals surface area contributed by atoms with Crippen LogP contribution in [0.3, 0.4) is 0 Å². The maximum Gasteiger partial charge on any atom is 0.406 e. The number of carbonyl (C=O) groups excluding carboxylic acids is 2. The van der Waals surface area contributed by atoms with Crippen molar-refractivity contribution in [1.29, 1.82) is 0 Å². The van der Waals surface area contributed by atoms with Gasteiger partial charge in [-0.15, -0.1) is 0 Å². The van der Waals surface area contributed by atoms with Gasteiger partial charge >= 0.3 is 19.4 Å². The minimum Gasteiger partial charge on any atom is -0.462 e. The van der Waals surface area contributed by atoms with Crippen molar-refractivity contribution in [3.8, 4) is 0 Å². The number of hydrogen-bond acceptors (Lipinski definition) is 10. The summed E-state index contributed by atoms with van der Waals surface area (Å²) in [5, 5.41) is 2.60. The molecule has 216 valence electrons. The van der Waals surface area contributed by atoms with Crippen LogP contribution in [-0.4, -0.2) is 57.9 Å². The first kappa shape index (κ1) is 32.5. The Bertz CT molecular complexity index is 1110. The summed E-state index contributed by atoms with van der Waals surface area (Å²) < 4.78 is 37.2. The molecule has 0 bridgehead atoms. The van der Waals surface area contributed by atoms with Gasteiger partial charge in [0, 0.05) is 29.3 Å². The van der Waals surface area contributed by atoms with E-state index in [0.717, 1.165) is 11.8 Å². The molecule has 38 heavy (non-hydrogen) atoms. The third kappa shape index (κ3) is 10.1. The predicted octanol–water partition coefficient (Wildman–Crippen LogP) is 3.23. The monoisotopic (exact) mass is 577 g/mol. The van der Waals surface area contributed by atoms with Gasteiger partial charge in [0.15, 0.2) is 5.12 Å². The second-order valence-electron chi connectivity index (χ2n) is 10.6. The van der Waals surface area contributed by atoms with Gasteiger partial charge in [0.1, 0.15) is 12.3 Å². The summed E-state index contributed by atoms with van der Waals surface area (Å²) in [5.74, 6) is -0.366. The third-order valence-electron chi connectivity index (χ3n) is 5.53. The number of thioether (sulfide) groups is 1. The van der Waals surface area contributed by atoms with E-state index in [1.165, 1.54) is 23.8 Å². The normalized spacial score (nSPS) is 22.3. The molecule has 0 amide bonds.